The molecular weight excluding hydrogens is 284 g/mol. The van der Waals surface area contributed by atoms with Crippen molar-refractivity contribution in [2.24, 2.45) is 0 Å². The smallest absolute Gasteiger partial charge is 0.300 e. The SMILES string of the molecule is CCC(O)(CC)CNC(=O)c1cccc(Cl)c1[N+](=O)[O-]. The zero-order valence-corrected chi connectivity index (χ0v) is 12.1. The van der Waals surface area contributed by atoms with Crippen molar-refractivity contribution in [3.8, 4) is 0 Å². The third kappa shape index (κ3) is 3.68. The van der Waals surface area contributed by atoms with Gasteiger partial charge in [-0.25, -0.2) is 0 Å². The van der Waals surface area contributed by atoms with Crippen LogP contribution in [0.1, 0.15) is 37.0 Å². The van der Waals surface area contributed by atoms with Gasteiger partial charge in [0.15, 0.2) is 0 Å². The van der Waals surface area contributed by atoms with Gasteiger partial charge < -0.3 is 10.4 Å². The number of amides is 1. The zero-order chi connectivity index (χ0) is 15.3. The van der Waals surface area contributed by atoms with E-state index >= 15 is 0 Å². The molecule has 0 aliphatic heterocycles. The number of benzene rings is 1. The van der Waals surface area contributed by atoms with Crippen LogP contribution in [0.25, 0.3) is 0 Å². The number of aliphatic hydroxyl groups is 1. The third-order valence-electron chi connectivity index (χ3n) is 3.31. The predicted molar refractivity (Wildman–Crippen MR) is 76.0 cm³/mol. The molecule has 0 aromatic heterocycles. The molecule has 110 valence electrons. The van der Waals surface area contributed by atoms with Crippen molar-refractivity contribution in [1.29, 1.82) is 0 Å². The molecule has 0 atom stereocenters. The Balaban J connectivity index is 2.94. The molecule has 0 aliphatic carbocycles. The van der Waals surface area contributed by atoms with Crippen molar-refractivity contribution in [1.82, 2.24) is 5.32 Å². The highest BCUT2D eigenvalue weighted by Gasteiger charge is 2.27. The third-order valence-corrected chi connectivity index (χ3v) is 3.61. The van der Waals surface area contributed by atoms with E-state index in [4.69, 9.17) is 11.6 Å². The van der Waals surface area contributed by atoms with Gasteiger partial charge in [-0.15, -0.1) is 0 Å². The molecule has 1 aromatic rings. The summed E-state index contributed by atoms with van der Waals surface area (Å²) >= 11 is 5.74. The van der Waals surface area contributed by atoms with Crippen molar-refractivity contribution >= 4 is 23.2 Å². The van der Waals surface area contributed by atoms with Crippen molar-refractivity contribution in [2.45, 2.75) is 32.3 Å². The molecule has 0 saturated carbocycles. The van der Waals surface area contributed by atoms with E-state index in [1.165, 1.54) is 18.2 Å². The monoisotopic (exact) mass is 300 g/mol. The van der Waals surface area contributed by atoms with E-state index in [2.05, 4.69) is 5.32 Å². The molecule has 0 saturated heterocycles. The van der Waals surface area contributed by atoms with Crippen LogP contribution in [0.3, 0.4) is 0 Å². The maximum atomic E-state index is 12.0. The van der Waals surface area contributed by atoms with Crippen LogP contribution in [-0.2, 0) is 0 Å². The van der Waals surface area contributed by atoms with E-state index in [0.717, 1.165) is 0 Å². The van der Waals surface area contributed by atoms with E-state index in [1.54, 1.807) is 13.8 Å². The zero-order valence-electron chi connectivity index (χ0n) is 11.4. The molecule has 7 heteroatoms. The molecule has 0 heterocycles. The molecule has 1 rings (SSSR count). The number of nitrogens with zero attached hydrogens (tertiary/aromatic N) is 1. The summed E-state index contributed by atoms with van der Waals surface area (Å²) in [5.74, 6) is -0.625. The fraction of sp³-hybridized carbons (Fsp3) is 0.462. The summed E-state index contributed by atoms with van der Waals surface area (Å²) in [4.78, 5) is 22.3. The van der Waals surface area contributed by atoms with Gasteiger partial charge in [0, 0.05) is 6.54 Å². The highest BCUT2D eigenvalue weighted by atomic mass is 35.5. The van der Waals surface area contributed by atoms with Gasteiger partial charge in [0.05, 0.1) is 10.5 Å². The van der Waals surface area contributed by atoms with Crippen molar-refractivity contribution in [2.75, 3.05) is 6.54 Å². The molecule has 0 spiro atoms. The first-order valence-electron chi connectivity index (χ1n) is 6.28. The Labute approximate surface area is 121 Å². The number of hydrogen-bond donors (Lipinski definition) is 2. The molecule has 6 nitrogen and oxygen atoms in total. The van der Waals surface area contributed by atoms with E-state index < -0.39 is 22.1 Å². The maximum absolute atomic E-state index is 12.0. The molecule has 1 aromatic carbocycles. The number of halogens is 1. The second-order valence-electron chi connectivity index (χ2n) is 4.51. The first-order chi connectivity index (χ1) is 9.34. The van der Waals surface area contributed by atoms with Crippen LogP contribution in [0.15, 0.2) is 18.2 Å². The molecule has 2 N–H and O–H groups in total. The number of carbonyl (C=O) groups excluding carboxylic acids is 1. The van der Waals surface area contributed by atoms with Gasteiger partial charge in [-0.05, 0) is 25.0 Å². The molecular formula is C13H17ClN2O4. The molecule has 0 bridgehead atoms. The van der Waals surface area contributed by atoms with E-state index in [1.807, 2.05) is 0 Å². The lowest BCUT2D eigenvalue weighted by Crippen LogP contribution is -2.42. The highest BCUT2D eigenvalue weighted by Crippen LogP contribution is 2.28. The molecule has 0 unspecified atom stereocenters. The van der Waals surface area contributed by atoms with Gasteiger partial charge in [0.1, 0.15) is 10.6 Å². The standard InChI is InChI=1S/C13H17ClN2O4/c1-3-13(18,4-2)8-15-12(17)9-6-5-7-10(14)11(9)16(19)20/h5-7,18H,3-4,8H2,1-2H3,(H,15,17). The Morgan fingerprint density at radius 1 is 1.45 bits per heavy atom. The summed E-state index contributed by atoms with van der Waals surface area (Å²) in [5, 5.41) is 23.5. The topological polar surface area (TPSA) is 92.5 Å². The minimum absolute atomic E-state index is 0.0303. The van der Waals surface area contributed by atoms with Crippen LogP contribution in [0, 0.1) is 10.1 Å². The lowest BCUT2D eigenvalue weighted by molar-refractivity contribution is -0.385. The van der Waals surface area contributed by atoms with Crippen LogP contribution >= 0.6 is 11.6 Å². The van der Waals surface area contributed by atoms with Crippen LogP contribution in [-0.4, -0.2) is 28.1 Å². The normalized spacial score (nSPS) is 11.2. The highest BCUT2D eigenvalue weighted by molar-refractivity contribution is 6.33. The van der Waals surface area contributed by atoms with Gasteiger partial charge in [-0.3, -0.25) is 14.9 Å². The van der Waals surface area contributed by atoms with Crippen LogP contribution < -0.4 is 5.32 Å². The lowest BCUT2D eigenvalue weighted by Gasteiger charge is -2.25. The van der Waals surface area contributed by atoms with Gasteiger partial charge in [0.25, 0.3) is 5.91 Å². The van der Waals surface area contributed by atoms with Crippen LogP contribution in [0.4, 0.5) is 5.69 Å². The molecule has 0 aliphatic rings. The second-order valence-corrected chi connectivity index (χ2v) is 4.91. The van der Waals surface area contributed by atoms with Crippen molar-refractivity contribution < 1.29 is 14.8 Å². The minimum Gasteiger partial charge on any atom is -0.388 e. The molecule has 20 heavy (non-hydrogen) atoms. The lowest BCUT2D eigenvalue weighted by atomic mass is 9.97. The number of nitrogens with one attached hydrogen (secondary N) is 1. The van der Waals surface area contributed by atoms with Gasteiger partial charge in [-0.1, -0.05) is 31.5 Å². The Kier molecular flexibility index (Phi) is 5.47. The predicted octanol–water partition coefficient (Wildman–Crippen LogP) is 2.53. The second kappa shape index (κ2) is 6.67. The molecule has 0 fully saturated rings. The first-order valence-corrected chi connectivity index (χ1v) is 6.66. The number of nitro benzene ring substituents is 1. The van der Waals surface area contributed by atoms with E-state index in [9.17, 15) is 20.0 Å². The average Bonchev–Trinajstić information content (AvgIpc) is 2.43. The summed E-state index contributed by atoms with van der Waals surface area (Å²) < 4.78 is 0. The summed E-state index contributed by atoms with van der Waals surface area (Å²) in [6.45, 7) is 3.64. The fourth-order valence-electron chi connectivity index (χ4n) is 1.72. The van der Waals surface area contributed by atoms with Gasteiger partial charge in [-0.2, -0.15) is 0 Å². The van der Waals surface area contributed by atoms with E-state index in [-0.39, 0.29) is 17.1 Å². The largest absolute Gasteiger partial charge is 0.388 e. The van der Waals surface area contributed by atoms with Crippen LogP contribution in [0.5, 0.6) is 0 Å². The Morgan fingerprint density at radius 2 is 2.05 bits per heavy atom. The molecule has 0 radical (unpaired) electrons. The van der Waals surface area contributed by atoms with Crippen LogP contribution in [0.2, 0.25) is 5.02 Å². The van der Waals surface area contributed by atoms with Crippen molar-refractivity contribution in [3.63, 3.8) is 0 Å². The number of carbonyl (C=O) groups is 1. The Bertz CT molecular complexity index is 515. The van der Waals surface area contributed by atoms with Gasteiger partial charge in [0.2, 0.25) is 0 Å². The van der Waals surface area contributed by atoms with E-state index in [0.29, 0.717) is 12.8 Å². The van der Waals surface area contributed by atoms with Gasteiger partial charge >= 0.3 is 5.69 Å². The summed E-state index contributed by atoms with van der Waals surface area (Å²) in [6.07, 6.45) is 0.947. The minimum atomic E-state index is -1.01. The number of rotatable bonds is 6. The first kappa shape index (κ1) is 16.4. The summed E-state index contributed by atoms with van der Waals surface area (Å²) in [5.41, 5.74) is -1.55. The van der Waals surface area contributed by atoms with Crippen molar-refractivity contribution in [3.05, 3.63) is 38.9 Å². The quantitative estimate of drug-likeness (QED) is 0.623. The Hall–Kier alpha value is -1.66. The fourth-order valence-corrected chi connectivity index (χ4v) is 1.97. The number of nitro groups is 1. The summed E-state index contributed by atoms with van der Waals surface area (Å²) in [6, 6.07) is 4.15. The average molecular weight is 301 g/mol. The number of para-hydroxylation sites is 1. The Morgan fingerprint density at radius 3 is 2.55 bits per heavy atom. The maximum Gasteiger partial charge on any atom is 0.300 e. The summed E-state index contributed by atoms with van der Waals surface area (Å²) in [7, 11) is 0. The molecule has 1 amide bonds. The number of hydrogen-bond acceptors (Lipinski definition) is 4.